The fraction of sp³-hybridized carbons (Fsp3) is 0.393. The Morgan fingerprint density at radius 1 is 1.08 bits per heavy atom. The first kappa shape index (κ1) is 25.0. The van der Waals surface area contributed by atoms with Gasteiger partial charge in [-0.1, -0.05) is 56.3 Å². The van der Waals surface area contributed by atoms with Crippen molar-refractivity contribution in [2.45, 2.75) is 45.8 Å². The second-order valence-electron chi connectivity index (χ2n) is 10.2. The van der Waals surface area contributed by atoms with Gasteiger partial charge in [-0.25, -0.2) is 13.9 Å². The van der Waals surface area contributed by atoms with Crippen LogP contribution in [0.2, 0.25) is 0 Å². The van der Waals surface area contributed by atoms with Crippen LogP contribution in [0.3, 0.4) is 0 Å². The molecule has 0 spiro atoms. The lowest BCUT2D eigenvalue weighted by molar-refractivity contribution is 0.171. The van der Waals surface area contributed by atoms with Gasteiger partial charge in [-0.2, -0.15) is 5.10 Å². The summed E-state index contributed by atoms with van der Waals surface area (Å²) in [5.74, 6) is 0.740. The van der Waals surface area contributed by atoms with E-state index in [9.17, 15) is 14.0 Å². The normalized spacial score (nSPS) is 16.2. The molecule has 3 heterocycles. The van der Waals surface area contributed by atoms with E-state index in [1.807, 2.05) is 61.2 Å². The molecule has 8 nitrogen and oxygen atoms in total. The number of halogens is 1. The first-order valence-corrected chi connectivity index (χ1v) is 12.8. The van der Waals surface area contributed by atoms with E-state index >= 15 is 0 Å². The van der Waals surface area contributed by atoms with E-state index in [1.165, 1.54) is 7.05 Å². The highest BCUT2D eigenvalue weighted by Gasteiger charge is 2.26. The highest BCUT2D eigenvalue weighted by molar-refractivity contribution is 5.89. The number of nitrogens with zero attached hydrogens (tertiary/aromatic N) is 5. The third-order valence-corrected chi connectivity index (χ3v) is 7.02. The minimum Gasteiger partial charge on any atom is -0.340 e. The van der Waals surface area contributed by atoms with Crippen molar-refractivity contribution in [2.75, 3.05) is 18.7 Å². The number of rotatable bonds is 8. The van der Waals surface area contributed by atoms with Crippen molar-refractivity contribution < 1.29 is 4.39 Å². The number of nitrogens with one attached hydrogen (secondary N) is 1. The zero-order chi connectivity index (χ0) is 26.1. The molecule has 1 atom stereocenters. The summed E-state index contributed by atoms with van der Waals surface area (Å²) in [6.45, 7) is 5.25. The molecule has 4 aromatic rings. The number of hydrogen-bond acceptors (Lipinski definition) is 5. The molecule has 2 aromatic heterocycles. The minimum absolute atomic E-state index is 0.107. The number of para-hydroxylation sites is 1. The molecule has 37 heavy (non-hydrogen) atoms. The standard InChI is InChI=1S/C28H33FN6O2/c1-19(2)16-34-26-24(27(36)32(3)28(34)37)25(30-22-8-5-4-6-9-22)35(31-26)17-20-11-13-21(14-12-20)23-10-7-15-33(23)18-29/h4-6,8-9,11-14,19,23,30H,7,10,15-18H2,1-3H3/i29-1. The zero-order valence-corrected chi connectivity index (χ0v) is 21.5. The fourth-order valence-electron chi connectivity index (χ4n) is 5.16. The molecular weight excluding hydrogens is 470 g/mol. The maximum absolute atomic E-state index is 13.4. The van der Waals surface area contributed by atoms with Crippen LogP contribution in [0.25, 0.3) is 11.0 Å². The lowest BCUT2D eigenvalue weighted by atomic mass is 10.0. The zero-order valence-electron chi connectivity index (χ0n) is 21.5. The van der Waals surface area contributed by atoms with Crippen LogP contribution in [0.1, 0.15) is 43.9 Å². The van der Waals surface area contributed by atoms with E-state index < -0.39 is 6.80 Å². The molecule has 0 bridgehead atoms. The summed E-state index contributed by atoms with van der Waals surface area (Å²) in [6, 6.07) is 17.9. The summed E-state index contributed by atoms with van der Waals surface area (Å²) in [5.41, 5.74) is 2.53. The number of anilines is 2. The van der Waals surface area contributed by atoms with Crippen LogP contribution in [0.4, 0.5) is 15.9 Å². The van der Waals surface area contributed by atoms with E-state index in [0.717, 1.165) is 40.8 Å². The van der Waals surface area contributed by atoms with E-state index in [4.69, 9.17) is 5.10 Å². The molecule has 1 unspecified atom stereocenters. The summed E-state index contributed by atoms with van der Waals surface area (Å²) in [5, 5.41) is 8.55. The van der Waals surface area contributed by atoms with Crippen LogP contribution in [-0.2, 0) is 20.1 Å². The van der Waals surface area contributed by atoms with E-state index in [-0.39, 0.29) is 23.2 Å². The lowest BCUT2D eigenvalue weighted by Crippen LogP contribution is -2.38. The number of benzene rings is 2. The van der Waals surface area contributed by atoms with Gasteiger partial charge in [-0.3, -0.25) is 18.8 Å². The molecule has 194 valence electrons. The molecule has 1 aliphatic rings. The average molecular weight is 504 g/mol. The summed E-state index contributed by atoms with van der Waals surface area (Å²) in [7, 11) is 1.51. The maximum Gasteiger partial charge on any atom is 0.332 e. The first-order valence-electron chi connectivity index (χ1n) is 12.8. The third-order valence-electron chi connectivity index (χ3n) is 7.02. The van der Waals surface area contributed by atoms with Gasteiger partial charge in [-0.15, -0.1) is 0 Å². The quantitative estimate of drug-likeness (QED) is 0.361. The number of aromatic nitrogens is 4. The molecule has 0 amide bonds. The highest BCUT2D eigenvalue weighted by atomic mass is 18.2. The van der Waals surface area contributed by atoms with Gasteiger partial charge in [0.15, 0.2) is 5.65 Å². The van der Waals surface area contributed by atoms with Gasteiger partial charge in [0.25, 0.3) is 5.56 Å². The molecule has 1 aliphatic heterocycles. The summed E-state index contributed by atoms with van der Waals surface area (Å²) in [6.07, 6.45) is 1.95. The van der Waals surface area contributed by atoms with E-state index in [0.29, 0.717) is 29.9 Å². The summed E-state index contributed by atoms with van der Waals surface area (Å²) < 4.78 is 17.9. The Morgan fingerprint density at radius 3 is 2.49 bits per heavy atom. The summed E-state index contributed by atoms with van der Waals surface area (Å²) in [4.78, 5) is 28.2. The SMILES string of the molecule is CC(C)Cn1c(=O)n(C)c(=O)c2c(Nc3ccccc3)n(Cc3ccc(C4CCCN4C[18F])cc3)nc21. The smallest absolute Gasteiger partial charge is 0.332 e. The van der Waals surface area contributed by atoms with Crippen molar-refractivity contribution in [3.63, 3.8) is 0 Å². The molecule has 0 saturated carbocycles. The molecule has 0 aliphatic carbocycles. The Kier molecular flexibility index (Phi) is 6.97. The third kappa shape index (κ3) is 4.83. The Hall–Kier alpha value is -3.72. The molecule has 1 saturated heterocycles. The van der Waals surface area contributed by atoms with Crippen molar-refractivity contribution >= 4 is 22.5 Å². The number of hydrogen-bond donors (Lipinski definition) is 1. The first-order chi connectivity index (χ1) is 17.9. The molecular formula is C28H33FN6O2. The fourth-order valence-corrected chi connectivity index (χ4v) is 5.16. The molecule has 1 fully saturated rings. The summed E-state index contributed by atoms with van der Waals surface area (Å²) >= 11 is 0. The predicted molar refractivity (Wildman–Crippen MR) is 144 cm³/mol. The second-order valence-corrected chi connectivity index (χ2v) is 10.2. The Balaban J connectivity index is 1.59. The molecule has 9 heteroatoms. The molecule has 2 aromatic carbocycles. The van der Waals surface area contributed by atoms with Gasteiger partial charge in [-0.05, 0) is 42.0 Å². The number of likely N-dealkylation sites (tertiary alicyclic amines) is 1. The van der Waals surface area contributed by atoms with Crippen molar-refractivity contribution in [2.24, 2.45) is 13.0 Å². The van der Waals surface area contributed by atoms with E-state index in [2.05, 4.69) is 17.4 Å². The van der Waals surface area contributed by atoms with Crippen LogP contribution in [-0.4, -0.2) is 37.2 Å². The van der Waals surface area contributed by atoms with Crippen LogP contribution < -0.4 is 16.6 Å². The van der Waals surface area contributed by atoms with Crippen molar-refractivity contribution in [1.29, 1.82) is 0 Å². The van der Waals surface area contributed by atoms with E-state index in [1.54, 1.807) is 9.25 Å². The molecule has 5 rings (SSSR count). The predicted octanol–water partition coefficient (Wildman–Crippen LogP) is 4.41. The lowest BCUT2D eigenvalue weighted by Gasteiger charge is -2.21. The Labute approximate surface area is 215 Å². The Bertz CT molecular complexity index is 1500. The van der Waals surface area contributed by atoms with Crippen LogP contribution in [0, 0.1) is 5.92 Å². The van der Waals surface area contributed by atoms with Crippen molar-refractivity contribution in [1.82, 2.24) is 23.8 Å². The van der Waals surface area contributed by atoms with Crippen LogP contribution >= 0.6 is 0 Å². The second kappa shape index (κ2) is 10.3. The van der Waals surface area contributed by atoms with Gasteiger partial charge < -0.3 is 5.32 Å². The van der Waals surface area contributed by atoms with Crippen molar-refractivity contribution in [3.8, 4) is 0 Å². The molecule has 1 N–H and O–H groups in total. The van der Waals surface area contributed by atoms with Gasteiger partial charge in [0.05, 0.1) is 6.54 Å². The van der Waals surface area contributed by atoms with Crippen LogP contribution in [0.5, 0.6) is 0 Å². The largest absolute Gasteiger partial charge is 0.340 e. The Morgan fingerprint density at radius 2 is 1.81 bits per heavy atom. The number of alkyl halides is 1. The number of fused-ring (bicyclic) bond motifs is 1. The highest BCUT2D eigenvalue weighted by Crippen LogP contribution is 2.32. The van der Waals surface area contributed by atoms with Gasteiger partial charge >= 0.3 is 5.69 Å². The van der Waals surface area contributed by atoms with Crippen molar-refractivity contribution in [3.05, 3.63) is 86.6 Å². The topological polar surface area (TPSA) is 77.1 Å². The van der Waals surface area contributed by atoms with Gasteiger partial charge in [0.2, 0.25) is 0 Å². The van der Waals surface area contributed by atoms with Crippen LogP contribution in [0.15, 0.2) is 64.2 Å². The van der Waals surface area contributed by atoms with Gasteiger partial charge in [0, 0.05) is 31.9 Å². The monoisotopic (exact) mass is 503 g/mol. The maximum atomic E-state index is 13.4. The average Bonchev–Trinajstić information content (AvgIpc) is 3.51. The van der Waals surface area contributed by atoms with Gasteiger partial charge in [0.1, 0.15) is 18.0 Å². The minimum atomic E-state index is -0.437. The molecule has 0 radical (unpaired) electrons.